The second-order valence-corrected chi connectivity index (χ2v) is 8.17. The van der Waals surface area contributed by atoms with Crippen molar-refractivity contribution >= 4 is 28.7 Å². The van der Waals surface area contributed by atoms with Crippen molar-refractivity contribution in [3.8, 4) is 5.69 Å². The monoisotopic (exact) mass is 418 g/mol. The maximum absolute atomic E-state index is 9.75. The fourth-order valence-electron chi connectivity index (χ4n) is 4.21. The number of fused-ring (bicyclic) bond motifs is 1. The fraction of sp³-hybridized carbons (Fsp3) is 0.348. The zero-order valence-electron chi connectivity index (χ0n) is 18.0. The molecule has 1 aliphatic heterocycles. The van der Waals surface area contributed by atoms with E-state index in [0.29, 0.717) is 23.2 Å². The molecule has 31 heavy (non-hydrogen) atoms. The third kappa shape index (κ3) is 3.53. The lowest BCUT2D eigenvalue weighted by Crippen LogP contribution is -2.33. The third-order valence-electron chi connectivity index (χ3n) is 6.18. The Balaban J connectivity index is 1.47. The molecule has 0 aliphatic carbocycles. The van der Waals surface area contributed by atoms with Crippen LogP contribution in [0.1, 0.15) is 29.5 Å². The van der Waals surface area contributed by atoms with Crippen LogP contribution in [0.5, 0.6) is 0 Å². The summed E-state index contributed by atoms with van der Waals surface area (Å²) in [5.74, 6) is 1.82. The molecule has 4 aromatic rings. The van der Waals surface area contributed by atoms with E-state index in [1.165, 1.54) is 16.7 Å². The van der Waals surface area contributed by atoms with Gasteiger partial charge in [-0.2, -0.15) is 4.98 Å². The molecular weight excluding hydrogens is 392 g/mol. The van der Waals surface area contributed by atoms with Crippen LogP contribution in [-0.4, -0.2) is 43.8 Å². The molecule has 0 spiro atoms. The molecule has 8 heteroatoms. The number of aromatic nitrogens is 4. The smallest absolute Gasteiger partial charge is 0.231 e. The molecule has 4 heterocycles. The van der Waals surface area contributed by atoms with Crippen molar-refractivity contribution in [2.24, 2.45) is 0 Å². The van der Waals surface area contributed by atoms with E-state index in [4.69, 9.17) is 9.40 Å². The Morgan fingerprint density at radius 1 is 1.19 bits per heavy atom. The Morgan fingerprint density at radius 2 is 2.00 bits per heavy atom. The van der Waals surface area contributed by atoms with Crippen LogP contribution in [0.2, 0.25) is 0 Å². The molecule has 5 rings (SSSR count). The number of hydrogen-bond donors (Lipinski definition) is 2. The summed E-state index contributed by atoms with van der Waals surface area (Å²) < 4.78 is 7.65. The number of imidazole rings is 1. The summed E-state index contributed by atoms with van der Waals surface area (Å²) in [6, 6.07) is 6.18. The highest BCUT2D eigenvalue weighted by molar-refractivity contribution is 5.86. The Bertz CT molecular complexity index is 1220. The number of aliphatic hydroxyl groups is 1. The molecule has 3 aromatic heterocycles. The minimum absolute atomic E-state index is 0.0447. The van der Waals surface area contributed by atoms with Crippen molar-refractivity contribution in [1.29, 1.82) is 0 Å². The van der Waals surface area contributed by atoms with Crippen molar-refractivity contribution in [1.82, 2.24) is 19.5 Å². The predicted octanol–water partition coefficient (Wildman–Crippen LogP) is 4.04. The van der Waals surface area contributed by atoms with Crippen LogP contribution < -0.4 is 10.2 Å². The van der Waals surface area contributed by atoms with Gasteiger partial charge in [-0.25, -0.2) is 9.97 Å². The molecule has 8 nitrogen and oxygen atoms in total. The summed E-state index contributed by atoms with van der Waals surface area (Å²) >= 11 is 0. The third-order valence-corrected chi connectivity index (χ3v) is 6.18. The highest BCUT2D eigenvalue weighted by Gasteiger charge is 2.28. The second kappa shape index (κ2) is 7.70. The molecule has 0 amide bonds. The van der Waals surface area contributed by atoms with E-state index in [-0.39, 0.29) is 12.6 Å². The summed E-state index contributed by atoms with van der Waals surface area (Å²) in [5.41, 5.74) is 6.24. The van der Waals surface area contributed by atoms with Gasteiger partial charge in [-0.3, -0.25) is 0 Å². The van der Waals surface area contributed by atoms with E-state index in [9.17, 15) is 5.11 Å². The summed E-state index contributed by atoms with van der Waals surface area (Å²) in [6.45, 7) is 7.30. The van der Waals surface area contributed by atoms with Gasteiger partial charge in [0, 0.05) is 18.3 Å². The zero-order valence-corrected chi connectivity index (χ0v) is 18.0. The molecule has 0 radical (unpaired) electrons. The molecule has 1 fully saturated rings. The lowest BCUT2D eigenvalue weighted by Gasteiger charge is -2.24. The van der Waals surface area contributed by atoms with Gasteiger partial charge in [0.15, 0.2) is 17.2 Å². The molecule has 0 unspecified atom stereocenters. The number of furan rings is 1. The van der Waals surface area contributed by atoms with Gasteiger partial charge in [0.1, 0.15) is 11.8 Å². The van der Waals surface area contributed by atoms with Crippen LogP contribution in [0.15, 0.2) is 41.4 Å². The molecule has 1 aliphatic rings. The summed E-state index contributed by atoms with van der Waals surface area (Å²) in [4.78, 5) is 15.9. The standard InChI is InChI=1S/C23H26N6O2/c1-14-9-18(10-15(2)16(14)3)28-11-20(24-13-28)26-23-25-19-6-8-31-21(19)22(27-23)29-7-4-5-17(29)12-30/h6,8-11,13,17,30H,4-5,7,12H2,1-3H3,(H,25,26,27)/t17-/m1/s1. The van der Waals surface area contributed by atoms with E-state index in [1.807, 2.05) is 16.8 Å². The Hall–Kier alpha value is -3.39. The van der Waals surface area contributed by atoms with Gasteiger partial charge in [-0.15, -0.1) is 0 Å². The van der Waals surface area contributed by atoms with Crippen LogP contribution in [-0.2, 0) is 0 Å². The van der Waals surface area contributed by atoms with Crippen LogP contribution in [0, 0.1) is 20.8 Å². The number of nitrogens with zero attached hydrogens (tertiary/aromatic N) is 5. The first kappa shape index (κ1) is 19.6. The number of anilines is 3. The second-order valence-electron chi connectivity index (χ2n) is 8.17. The lowest BCUT2D eigenvalue weighted by atomic mass is 10.0. The van der Waals surface area contributed by atoms with E-state index in [1.54, 1.807) is 12.6 Å². The van der Waals surface area contributed by atoms with Gasteiger partial charge in [-0.05, 0) is 62.4 Å². The molecule has 0 bridgehead atoms. The predicted molar refractivity (Wildman–Crippen MR) is 120 cm³/mol. The number of aliphatic hydroxyl groups excluding tert-OH is 1. The molecule has 1 aromatic carbocycles. The number of rotatable bonds is 5. The maximum Gasteiger partial charge on any atom is 0.231 e. The van der Waals surface area contributed by atoms with Gasteiger partial charge in [0.2, 0.25) is 5.95 Å². The topological polar surface area (TPSA) is 92.2 Å². The first-order valence-electron chi connectivity index (χ1n) is 10.6. The number of benzene rings is 1. The van der Waals surface area contributed by atoms with Crippen LogP contribution >= 0.6 is 0 Å². The average Bonchev–Trinajstić information content (AvgIpc) is 3.51. The summed E-state index contributed by atoms with van der Waals surface area (Å²) in [6.07, 6.45) is 7.28. The summed E-state index contributed by atoms with van der Waals surface area (Å²) in [7, 11) is 0. The van der Waals surface area contributed by atoms with E-state index >= 15 is 0 Å². The van der Waals surface area contributed by atoms with Crippen LogP contribution in [0.3, 0.4) is 0 Å². The highest BCUT2D eigenvalue weighted by Crippen LogP contribution is 2.32. The largest absolute Gasteiger partial charge is 0.459 e. The van der Waals surface area contributed by atoms with Gasteiger partial charge in [0.25, 0.3) is 0 Å². The SMILES string of the molecule is Cc1cc(-n2cnc(Nc3nc(N4CCC[C@@H]4CO)c4occc4n3)c2)cc(C)c1C. The number of aryl methyl sites for hydroxylation is 2. The average molecular weight is 419 g/mol. The Labute approximate surface area is 180 Å². The first-order chi connectivity index (χ1) is 15.0. The van der Waals surface area contributed by atoms with Crippen molar-refractivity contribution < 1.29 is 9.52 Å². The summed E-state index contributed by atoms with van der Waals surface area (Å²) in [5, 5.41) is 13.0. The lowest BCUT2D eigenvalue weighted by molar-refractivity contribution is 0.266. The molecule has 1 saturated heterocycles. The van der Waals surface area contributed by atoms with Gasteiger partial charge >= 0.3 is 0 Å². The quantitative estimate of drug-likeness (QED) is 0.505. The van der Waals surface area contributed by atoms with E-state index < -0.39 is 0 Å². The normalized spacial score (nSPS) is 16.4. The first-order valence-corrected chi connectivity index (χ1v) is 10.6. The molecule has 0 saturated carbocycles. The Morgan fingerprint density at radius 3 is 2.77 bits per heavy atom. The molecule has 1 atom stereocenters. The zero-order chi connectivity index (χ0) is 21.5. The maximum atomic E-state index is 9.75. The molecule has 2 N–H and O–H groups in total. The van der Waals surface area contributed by atoms with Crippen LogP contribution in [0.25, 0.3) is 16.8 Å². The van der Waals surface area contributed by atoms with E-state index in [0.717, 1.165) is 30.6 Å². The fourth-order valence-corrected chi connectivity index (χ4v) is 4.21. The molecular formula is C23H26N6O2. The van der Waals surface area contributed by atoms with E-state index in [2.05, 4.69) is 53.1 Å². The number of nitrogens with one attached hydrogen (secondary N) is 1. The highest BCUT2D eigenvalue weighted by atomic mass is 16.3. The van der Waals surface area contributed by atoms with Crippen molar-refractivity contribution in [2.45, 2.75) is 39.7 Å². The van der Waals surface area contributed by atoms with Crippen molar-refractivity contribution in [3.63, 3.8) is 0 Å². The minimum atomic E-state index is 0.0447. The van der Waals surface area contributed by atoms with Gasteiger partial charge in [0.05, 0.1) is 25.1 Å². The molecule has 160 valence electrons. The van der Waals surface area contributed by atoms with Crippen molar-refractivity contribution in [2.75, 3.05) is 23.4 Å². The van der Waals surface area contributed by atoms with Crippen LogP contribution in [0.4, 0.5) is 17.6 Å². The van der Waals surface area contributed by atoms with Gasteiger partial charge < -0.3 is 24.3 Å². The van der Waals surface area contributed by atoms with Gasteiger partial charge in [-0.1, -0.05) is 0 Å². The minimum Gasteiger partial charge on any atom is -0.459 e. The number of hydrogen-bond acceptors (Lipinski definition) is 7. The van der Waals surface area contributed by atoms with Crippen molar-refractivity contribution in [3.05, 3.63) is 53.7 Å². The Kier molecular flexibility index (Phi) is 4.86.